The lowest BCUT2D eigenvalue weighted by Crippen LogP contribution is -1.91. The fourth-order valence-corrected chi connectivity index (χ4v) is 2.02. The van der Waals surface area contributed by atoms with Gasteiger partial charge in [0.25, 0.3) is 5.89 Å². The Morgan fingerprint density at radius 1 is 1.00 bits per heavy atom. The molecule has 1 heterocycles. The first-order valence-electron chi connectivity index (χ1n) is 6.30. The molecule has 0 bridgehead atoms. The smallest absolute Gasteiger partial charge is 0.258 e. The zero-order valence-corrected chi connectivity index (χ0v) is 11.4. The van der Waals surface area contributed by atoms with E-state index in [1.54, 1.807) is 25.3 Å². The molecule has 0 unspecified atom stereocenters. The van der Waals surface area contributed by atoms with E-state index in [-0.39, 0.29) is 0 Å². The molecule has 106 valence electrons. The van der Waals surface area contributed by atoms with Gasteiger partial charge in [-0.15, -0.1) is 0 Å². The summed E-state index contributed by atoms with van der Waals surface area (Å²) in [7, 11) is 1.61. The van der Waals surface area contributed by atoms with E-state index in [1.165, 1.54) is 0 Å². The van der Waals surface area contributed by atoms with E-state index >= 15 is 0 Å². The van der Waals surface area contributed by atoms with Gasteiger partial charge in [0.05, 0.1) is 7.11 Å². The Bertz CT molecular complexity index is 763. The van der Waals surface area contributed by atoms with Crippen molar-refractivity contribution in [3.8, 4) is 28.6 Å². The number of rotatable bonds is 3. The molecule has 0 aliphatic heterocycles. The molecular formula is C15H14N4O2. The molecule has 4 N–H and O–H groups in total. The van der Waals surface area contributed by atoms with Crippen molar-refractivity contribution in [1.82, 2.24) is 10.1 Å². The van der Waals surface area contributed by atoms with Gasteiger partial charge in [-0.3, -0.25) is 0 Å². The van der Waals surface area contributed by atoms with Gasteiger partial charge in [0.15, 0.2) is 0 Å². The number of aromatic nitrogens is 2. The number of nitrogen functional groups attached to an aromatic ring is 2. The van der Waals surface area contributed by atoms with Gasteiger partial charge >= 0.3 is 0 Å². The summed E-state index contributed by atoms with van der Waals surface area (Å²) in [6.07, 6.45) is 0. The highest BCUT2D eigenvalue weighted by atomic mass is 16.5. The molecule has 0 spiro atoms. The predicted molar refractivity (Wildman–Crippen MR) is 80.5 cm³/mol. The normalized spacial score (nSPS) is 10.5. The van der Waals surface area contributed by atoms with Crippen LogP contribution in [-0.4, -0.2) is 17.3 Å². The summed E-state index contributed by atoms with van der Waals surface area (Å²) in [5.74, 6) is 1.57. The number of hydrogen-bond acceptors (Lipinski definition) is 6. The molecule has 1 aromatic heterocycles. The molecule has 0 saturated heterocycles. The van der Waals surface area contributed by atoms with Gasteiger partial charge in [0, 0.05) is 22.5 Å². The first-order chi connectivity index (χ1) is 10.2. The largest absolute Gasteiger partial charge is 0.497 e. The van der Waals surface area contributed by atoms with E-state index < -0.39 is 0 Å². The van der Waals surface area contributed by atoms with Crippen molar-refractivity contribution >= 4 is 11.4 Å². The first kappa shape index (κ1) is 13.0. The van der Waals surface area contributed by atoms with Crippen LogP contribution in [0.25, 0.3) is 22.8 Å². The number of nitrogens with two attached hydrogens (primary N) is 2. The van der Waals surface area contributed by atoms with Gasteiger partial charge in [-0.2, -0.15) is 4.98 Å². The second kappa shape index (κ2) is 5.16. The lowest BCUT2D eigenvalue weighted by atomic mass is 10.1. The molecule has 0 radical (unpaired) electrons. The van der Waals surface area contributed by atoms with Crippen molar-refractivity contribution in [2.75, 3.05) is 18.6 Å². The van der Waals surface area contributed by atoms with Crippen LogP contribution >= 0.6 is 0 Å². The quantitative estimate of drug-likeness (QED) is 0.716. The van der Waals surface area contributed by atoms with Crippen LogP contribution in [0.3, 0.4) is 0 Å². The SMILES string of the molecule is COc1cccc(-c2noc(-c3cc(N)cc(N)c3)n2)c1. The third kappa shape index (κ3) is 2.64. The summed E-state index contributed by atoms with van der Waals surface area (Å²) in [5, 5.41) is 3.97. The average Bonchev–Trinajstić information content (AvgIpc) is 2.96. The average molecular weight is 282 g/mol. The molecule has 0 atom stereocenters. The van der Waals surface area contributed by atoms with E-state index in [2.05, 4.69) is 10.1 Å². The Morgan fingerprint density at radius 2 is 1.76 bits per heavy atom. The summed E-state index contributed by atoms with van der Waals surface area (Å²) in [6, 6.07) is 12.6. The summed E-state index contributed by atoms with van der Waals surface area (Å²) < 4.78 is 10.5. The molecule has 3 aromatic rings. The Kier molecular flexibility index (Phi) is 3.19. The summed E-state index contributed by atoms with van der Waals surface area (Å²) in [6.45, 7) is 0. The standard InChI is InChI=1S/C15H14N4O2/c1-20-13-4-2-3-9(7-13)14-18-15(21-19-14)10-5-11(16)8-12(17)6-10/h2-8H,16-17H2,1H3. The van der Waals surface area contributed by atoms with Gasteiger partial charge in [-0.25, -0.2) is 0 Å². The first-order valence-corrected chi connectivity index (χ1v) is 6.30. The Hall–Kier alpha value is -3.02. The molecule has 0 aliphatic rings. The third-order valence-corrected chi connectivity index (χ3v) is 2.98. The Morgan fingerprint density at radius 3 is 2.48 bits per heavy atom. The van der Waals surface area contributed by atoms with Crippen molar-refractivity contribution in [3.05, 3.63) is 42.5 Å². The van der Waals surface area contributed by atoms with Crippen LogP contribution in [0.15, 0.2) is 47.0 Å². The van der Waals surface area contributed by atoms with Crippen molar-refractivity contribution in [1.29, 1.82) is 0 Å². The predicted octanol–water partition coefficient (Wildman–Crippen LogP) is 2.58. The van der Waals surface area contributed by atoms with E-state index in [4.69, 9.17) is 20.7 Å². The van der Waals surface area contributed by atoms with E-state index in [0.29, 0.717) is 28.7 Å². The number of methoxy groups -OCH3 is 1. The maximum Gasteiger partial charge on any atom is 0.258 e. The molecule has 3 rings (SSSR count). The molecule has 0 fully saturated rings. The zero-order chi connectivity index (χ0) is 14.8. The van der Waals surface area contributed by atoms with Gasteiger partial charge in [0.2, 0.25) is 5.82 Å². The van der Waals surface area contributed by atoms with Crippen molar-refractivity contribution < 1.29 is 9.26 Å². The number of nitrogens with zero attached hydrogens (tertiary/aromatic N) is 2. The third-order valence-electron chi connectivity index (χ3n) is 2.98. The number of benzene rings is 2. The lowest BCUT2D eigenvalue weighted by molar-refractivity contribution is 0.414. The Balaban J connectivity index is 1.99. The molecular weight excluding hydrogens is 268 g/mol. The van der Waals surface area contributed by atoms with E-state index in [0.717, 1.165) is 11.3 Å². The van der Waals surface area contributed by atoms with E-state index in [1.807, 2.05) is 24.3 Å². The highest BCUT2D eigenvalue weighted by Crippen LogP contribution is 2.27. The molecule has 6 heteroatoms. The van der Waals surface area contributed by atoms with Gasteiger partial charge in [-0.1, -0.05) is 17.3 Å². The number of anilines is 2. The van der Waals surface area contributed by atoms with Gasteiger partial charge < -0.3 is 20.7 Å². The van der Waals surface area contributed by atoms with Gasteiger partial charge in [-0.05, 0) is 30.3 Å². The minimum Gasteiger partial charge on any atom is -0.497 e. The van der Waals surface area contributed by atoms with Crippen LogP contribution in [0, 0.1) is 0 Å². The highest BCUT2D eigenvalue weighted by Gasteiger charge is 2.12. The van der Waals surface area contributed by atoms with Crippen LogP contribution < -0.4 is 16.2 Å². The van der Waals surface area contributed by atoms with Crippen molar-refractivity contribution in [2.24, 2.45) is 0 Å². The maximum atomic E-state index is 5.77. The molecule has 0 saturated carbocycles. The minimum atomic E-state index is 0.367. The maximum absolute atomic E-state index is 5.77. The zero-order valence-electron chi connectivity index (χ0n) is 11.4. The lowest BCUT2D eigenvalue weighted by Gasteiger charge is -2.00. The highest BCUT2D eigenvalue weighted by molar-refractivity contribution is 5.68. The minimum absolute atomic E-state index is 0.367. The molecule has 2 aromatic carbocycles. The second-order valence-corrected chi connectivity index (χ2v) is 4.54. The Labute approximate surface area is 121 Å². The van der Waals surface area contributed by atoms with Crippen molar-refractivity contribution in [2.45, 2.75) is 0 Å². The van der Waals surface area contributed by atoms with Crippen LogP contribution in [0.1, 0.15) is 0 Å². The molecule has 0 aliphatic carbocycles. The molecule has 21 heavy (non-hydrogen) atoms. The molecule has 0 amide bonds. The summed E-state index contributed by atoms with van der Waals surface area (Å²) in [4.78, 5) is 4.36. The monoisotopic (exact) mass is 282 g/mol. The topological polar surface area (TPSA) is 100 Å². The second-order valence-electron chi connectivity index (χ2n) is 4.54. The van der Waals surface area contributed by atoms with Crippen LogP contribution in [0.4, 0.5) is 11.4 Å². The fourth-order valence-electron chi connectivity index (χ4n) is 2.02. The molecule has 6 nitrogen and oxygen atoms in total. The van der Waals surface area contributed by atoms with Crippen LogP contribution in [-0.2, 0) is 0 Å². The fraction of sp³-hybridized carbons (Fsp3) is 0.0667. The van der Waals surface area contributed by atoms with Crippen LogP contribution in [0.5, 0.6) is 5.75 Å². The summed E-state index contributed by atoms with van der Waals surface area (Å²) in [5.41, 5.74) is 14.1. The number of hydrogen-bond donors (Lipinski definition) is 2. The van der Waals surface area contributed by atoms with Gasteiger partial charge in [0.1, 0.15) is 5.75 Å². The van der Waals surface area contributed by atoms with E-state index in [9.17, 15) is 0 Å². The summed E-state index contributed by atoms with van der Waals surface area (Å²) >= 11 is 0. The van der Waals surface area contributed by atoms with Crippen LogP contribution in [0.2, 0.25) is 0 Å². The van der Waals surface area contributed by atoms with Crippen molar-refractivity contribution in [3.63, 3.8) is 0 Å². The number of ether oxygens (including phenoxy) is 1.